The Hall–Kier alpha value is -0.130. The van der Waals surface area contributed by atoms with Crippen molar-refractivity contribution >= 4 is 10.0 Å². The first-order chi connectivity index (χ1) is 10.1. The molecular weight excluding hydrogens is 284 g/mol. The van der Waals surface area contributed by atoms with Crippen LogP contribution in [-0.4, -0.2) is 44.2 Å². The van der Waals surface area contributed by atoms with Crippen molar-refractivity contribution in [3.8, 4) is 0 Å². The highest BCUT2D eigenvalue weighted by molar-refractivity contribution is 7.89. The Bertz CT molecular complexity index is 395. The van der Waals surface area contributed by atoms with E-state index in [1.165, 1.54) is 25.7 Å². The molecule has 0 bridgehead atoms. The number of piperidine rings is 1. The molecule has 0 aromatic heterocycles. The second-order valence-corrected chi connectivity index (χ2v) is 8.68. The lowest BCUT2D eigenvalue weighted by Gasteiger charge is -2.43. The van der Waals surface area contributed by atoms with Gasteiger partial charge >= 0.3 is 0 Å². The van der Waals surface area contributed by atoms with Crippen LogP contribution >= 0.6 is 0 Å². The van der Waals surface area contributed by atoms with Crippen molar-refractivity contribution in [3.63, 3.8) is 0 Å². The standard InChI is InChI=1S/C16H32N2O2S/c1-2-11-17-12-5-6-14-21(19,20)18-13-7-9-15-8-3-4-10-16(15)18/h15-17H,2-14H2,1H3/t15-,16-/m1/s1. The van der Waals surface area contributed by atoms with E-state index < -0.39 is 10.0 Å². The molecule has 1 heterocycles. The molecule has 0 aromatic rings. The van der Waals surface area contributed by atoms with E-state index in [0.717, 1.165) is 51.7 Å². The second kappa shape index (κ2) is 8.49. The Morgan fingerprint density at radius 2 is 1.81 bits per heavy atom. The van der Waals surface area contributed by atoms with E-state index in [4.69, 9.17) is 0 Å². The highest BCUT2D eigenvalue weighted by Gasteiger charge is 2.38. The smallest absolute Gasteiger partial charge is 0.214 e. The number of unbranched alkanes of at least 4 members (excludes halogenated alkanes) is 1. The van der Waals surface area contributed by atoms with Gasteiger partial charge in [-0.25, -0.2) is 8.42 Å². The second-order valence-electron chi connectivity index (χ2n) is 6.64. The first-order valence-corrected chi connectivity index (χ1v) is 10.5. The monoisotopic (exact) mass is 316 g/mol. The van der Waals surface area contributed by atoms with Crippen molar-refractivity contribution in [2.24, 2.45) is 5.92 Å². The molecule has 2 aliphatic rings. The molecule has 1 saturated heterocycles. The summed E-state index contributed by atoms with van der Waals surface area (Å²) in [6.45, 7) is 4.88. The molecule has 0 radical (unpaired) electrons. The van der Waals surface area contributed by atoms with Crippen LogP contribution in [0.1, 0.15) is 64.7 Å². The van der Waals surface area contributed by atoms with E-state index in [9.17, 15) is 8.42 Å². The molecule has 0 spiro atoms. The number of hydrogen-bond donors (Lipinski definition) is 1. The van der Waals surface area contributed by atoms with Crippen molar-refractivity contribution < 1.29 is 8.42 Å². The zero-order chi connectivity index (χ0) is 15.1. The number of hydrogen-bond acceptors (Lipinski definition) is 3. The summed E-state index contributed by atoms with van der Waals surface area (Å²) in [7, 11) is -3.04. The average molecular weight is 317 g/mol. The lowest BCUT2D eigenvalue weighted by Crippen LogP contribution is -2.50. The summed E-state index contributed by atoms with van der Waals surface area (Å²) >= 11 is 0. The van der Waals surface area contributed by atoms with E-state index in [1.54, 1.807) is 0 Å². The van der Waals surface area contributed by atoms with Crippen LogP contribution in [0, 0.1) is 5.92 Å². The topological polar surface area (TPSA) is 49.4 Å². The summed E-state index contributed by atoms with van der Waals surface area (Å²) in [5.74, 6) is 0.970. The largest absolute Gasteiger partial charge is 0.317 e. The molecule has 1 saturated carbocycles. The zero-order valence-corrected chi connectivity index (χ0v) is 14.3. The van der Waals surface area contributed by atoms with Crippen LogP contribution in [0.15, 0.2) is 0 Å². The highest BCUT2D eigenvalue weighted by Crippen LogP contribution is 2.36. The van der Waals surface area contributed by atoms with Crippen LogP contribution in [-0.2, 0) is 10.0 Å². The Balaban J connectivity index is 1.80. The van der Waals surface area contributed by atoms with E-state index in [2.05, 4.69) is 12.2 Å². The van der Waals surface area contributed by atoms with Gasteiger partial charge in [0.2, 0.25) is 10.0 Å². The molecule has 5 heteroatoms. The van der Waals surface area contributed by atoms with Crippen LogP contribution in [0.2, 0.25) is 0 Å². The van der Waals surface area contributed by atoms with Gasteiger partial charge in [0.05, 0.1) is 5.75 Å². The number of sulfonamides is 1. The first-order valence-electron chi connectivity index (χ1n) is 8.85. The number of nitrogens with zero attached hydrogens (tertiary/aromatic N) is 1. The summed E-state index contributed by atoms with van der Waals surface area (Å²) in [6.07, 6.45) is 9.98. The van der Waals surface area contributed by atoms with Gasteiger partial charge in [0.1, 0.15) is 0 Å². The van der Waals surface area contributed by atoms with Gasteiger partial charge in [0.25, 0.3) is 0 Å². The minimum absolute atomic E-state index is 0.315. The van der Waals surface area contributed by atoms with Crippen molar-refractivity contribution in [2.75, 3.05) is 25.4 Å². The number of nitrogens with one attached hydrogen (secondary N) is 1. The molecule has 2 rings (SSSR count). The van der Waals surface area contributed by atoms with Gasteiger partial charge in [-0.05, 0) is 64.0 Å². The predicted octanol–water partition coefficient (Wildman–Crippen LogP) is 2.75. The third-order valence-corrected chi connectivity index (χ3v) is 6.95. The maximum Gasteiger partial charge on any atom is 0.214 e. The lowest BCUT2D eigenvalue weighted by molar-refractivity contribution is 0.129. The van der Waals surface area contributed by atoms with Crippen molar-refractivity contribution in [3.05, 3.63) is 0 Å². The molecule has 2 fully saturated rings. The normalized spacial score (nSPS) is 27.5. The van der Waals surface area contributed by atoms with Gasteiger partial charge in [-0.2, -0.15) is 4.31 Å². The summed E-state index contributed by atoms with van der Waals surface area (Å²) in [5.41, 5.74) is 0. The van der Waals surface area contributed by atoms with Gasteiger partial charge in [-0.3, -0.25) is 0 Å². The van der Waals surface area contributed by atoms with Crippen molar-refractivity contribution in [2.45, 2.75) is 70.8 Å². The minimum Gasteiger partial charge on any atom is -0.317 e. The fraction of sp³-hybridized carbons (Fsp3) is 1.00. The lowest BCUT2D eigenvalue weighted by atomic mass is 9.79. The molecule has 0 aromatic carbocycles. The van der Waals surface area contributed by atoms with Gasteiger partial charge in [0.15, 0.2) is 0 Å². The van der Waals surface area contributed by atoms with Gasteiger partial charge < -0.3 is 5.32 Å². The van der Waals surface area contributed by atoms with E-state index in [1.807, 2.05) is 4.31 Å². The summed E-state index contributed by atoms with van der Waals surface area (Å²) in [5, 5.41) is 3.34. The Kier molecular flexibility index (Phi) is 6.96. The number of rotatable bonds is 8. The quantitative estimate of drug-likeness (QED) is 0.701. The minimum atomic E-state index is -3.04. The fourth-order valence-corrected chi connectivity index (χ4v) is 5.78. The van der Waals surface area contributed by atoms with E-state index in [-0.39, 0.29) is 0 Å². The third-order valence-electron chi connectivity index (χ3n) is 4.98. The van der Waals surface area contributed by atoms with Crippen LogP contribution in [0.5, 0.6) is 0 Å². The Labute approximate surface area is 130 Å². The molecule has 2 atom stereocenters. The molecule has 1 N–H and O–H groups in total. The molecule has 1 aliphatic heterocycles. The third kappa shape index (κ3) is 4.93. The number of fused-ring (bicyclic) bond motifs is 1. The maximum absolute atomic E-state index is 12.6. The van der Waals surface area contributed by atoms with Crippen LogP contribution in [0.25, 0.3) is 0 Å². The molecular formula is C16H32N2O2S. The first kappa shape index (κ1) is 17.2. The van der Waals surface area contributed by atoms with Crippen LogP contribution < -0.4 is 5.32 Å². The molecule has 124 valence electrons. The average Bonchev–Trinajstić information content (AvgIpc) is 2.50. The fourth-order valence-electron chi connectivity index (χ4n) is 3.88. The van der Waals surface area contributed by atoms with E-state index in [0.29, 0.717) is 17.7 Å². The Morgan fingerprint density at radius 3 is 2.62 bits per heavy atom. The Morgan fingerprint density at radius 1 is 1.05 bits per heavy atom. The SMILES string of the molecule is CCCNCCCCS(=O)(=O)N1CCC[C@H]2CCCC[C@H]21. The summed E-state index contributed by atoms with van der Waals surface area (Å²) < 4.78 is 27.1. The predicted molar refractivity (Wildman–Crippen MR) is 87.9 cm³/mol. The van der Waals surface area contributed by atoms with Gasteiger partial charge in [-0.1, -0.05) is 19.8 Å². The molecule has 0 amide bonds. The molecule has 21 heavy (non-hydrogen) atoms. The summed E-state index contributed by atoms with van der Waals surface area (Å²) in [6, 6.07) is 0.315. The van der Waals surface area contributed by atoms with Crippen LogP contribution in [0.3, 0.4) is 0 Å². The zero-order valence-electron chi connectivity index (χ0n) is 13.5. The molecule has 1 aliphatic carbocycles. The highest BCUT2D eigenvalue weighted by atomic mass is 32.2. The van der Waals surface area contributed by atoms with Crippen LogP contribution in [0.4, 0.5) is 0 Å². The van der Waals surface area contributed by atoms with Crippen molar-refractivity contribution in [1.82, 2.24) is 9.62 Å². The van der Waals surface area contributed by atoms with E-state index >= 15 is 0 Å². The van der Waals surface area contributed by atoms with Gasteiger partial charge in [0, 0.05) is 12.6 Å². The summed E-state index contributed by atoms with van der Waals surface area (Å²) in [4.78, 5) is 0. The molecule has 4 nitrogen and oxygen atoms in total. The van der Waals surface area contributed by atoms with Crippen molar-refractivity contribution in [1.29, 1.82) is 0 Å². The van der Waals surface area contributed by atoms with Gasteiger partial charge in [-0.15, -0.1) is 0 Å². The maximum atomic E-state index is 12.6. The molecule has 0 unspecified atom stereocenters.